The van der Waals surface area contributed by atoms with Crippen molar-refractivity contribution in [2.24, 2.45) is 0 Å². The molecule has 0 amide bonds. The first-order valence-electron chi connectivity index (χ1n) is 7.12. The van der Waals surface area contributed by atoms with E-state index in [0.717, 1.165) is 50.3 Å². The monoisotopic (exact) mass is 273 g/mol. The van der Waals surface area contributed by atoms with E-state index in [4.69, 9.17) is 4.74 Å². The smallest absolute Gasteiger partial charge is 0.170 e. The first-order valence-corrected chi connectivity index (χ1v) is 7.12. The number of hydrogen-bond donors (Lipinski definition) is 0. The predicted molar refractivity (Wildman–Crippen MR) is 77.4 cm³/mol. The van der Waals surface area contributed by atoms with Crippen LogP contribution >= 0.6 is 0 Å². The largest absolute Gasteiger partial charge is 0.376 e. The summed E-state index contributed by atoms with van der Waals surface area (Å²) in [7, 11) is 0. The minimum Gasteiger partial charge on any atom is -0.376 e. The Kier molecular flexibility index (Phi) is 3.69. The molecule has 106 valence electrons. The average Bonchev–Trinajstić information content (AvgIpc) is 3.11. The van der Waals surface area contributed by atoms with Crippen LogP contribution in [0, 0.1) is 0 Å². The summed E-state index contributed by atoms with van der Waals surface area (Å²) in [5, 5.41) is 0. The third kappa shape index (κ3) is 2.29. The maximum Gasteiger partial charge on any atom is 0.170 e. The van der Waals surface area contributed by atoms with Crippen LogP contribution in [-0.2, 0) is 4.74 Å². The lowest BCUT2D eigenvalue weighted by atomic mass is 10.2. The maximum absolute atomic E-state index is 11.4. The molecule has 0 spiro atoms. The Hall–Kier alpha value is -1.88. The third-order valence-electron chi connectivity index (χ3n) is 3.79. The van der Waals surface area contributed by atoms with Crippen molar-refractivity contribution in [2.75, 3.05) is 24.6 Å². The molecule has 20 heavy (non-hydrogen) atoms. The number of nitrogens with zero attached hydrogens (tertiary/aromatic N) is 3. The molecule has 1 aliphatic rings. The fourth-order valence-corrected chi connectivity index (χ4v) is 2.74. The van der Waals surface area contributed by atoms with Crippen LogP contribution in [0.1, 0.15) is 30.3 Å². The van der Waals surface area contributed by atoms with Gasteiger partial charge in [0.15, 0.2) is 12.1 Å². The van der Waals surface area contributed by atoms with Crippen molar-refractivity contribution in [3.8, 4) is 0 Å². The van der Waals surface area contributed by atoms with Crippen LogP contribution < -0.4 is 4.90 Å². The van der Waals surface area contributed by atoms with Gasteiger partial charge in [0.05, 0.1) is 6.10 Å². The van der Waals surface area contributed by atoms with Gasteiger partial charge in [-0.15, -0.1) is 0 Å². The van der Waals surface area contributed by atoms with Gasteiger partial charge in [-0.25, -0.2) is 4.98 Å². The minimum absolute atomic E-state index is 0.249. The van der Waals surface area contributed by atoms with Gasteiger partial charge in [0.1, 0.15) is 11.3 Å². The van der Waals surface area contributed by atoms with Gasteiger partial charge in [-0.1, -0.05) is 6.07 Å². The molecule has 5 heteroatoms. The summed E-state index contributed by atoms with van der Waals surface area (Å²) >= 11 is 0. The van der Waals surface area contributed by atoms with Crippen molar-refractivity contribution in [1.82, 2.24) is 9.38 Å². The molecule has 0 bridgehead atoms. The number of likely N-dealkylation sites (N-methyl/N-ethyl adjacent to an activating group) is 1. The highest BCUT2D eigenvalue weighted by molar-refractivity contribution is 5.83. The molecule has 0 aromatic carbocycles. The molecule has 1 unspecified atom stereocenters. The summed E-state index contributed by atoms with van der Waals surface area (Å²) in [6, 6.07) is 5.75. The highest BCUT2D eigenvalue weighted by atomic mass is 16.5. The molecule has 0 N–H and O–H groups in total. The van der Waals surface area contributed by atoms with Crippen LogP contribution in [0.3, 0.4) is 0 Å². The van der Waals surface area contributed by atoms with E-state index >= 15 is 0 Å². The topological polar surface area (TPSA) is 46.8 Å². The van der Waals surface area contributed by atoms with E-state index in [9.17, 15) is 4.79 Å². The van der Waals surface area contributed by atoms with Crippen molar-refractivity contribution in [1.29, 1.82) is 0 Å². The van der Waals surface area contributed by atoms with Crippen LogP contribution in [-0.4, -0.2) is 41.5 Å². The molecule has 1 saturated heterocycles. The number of hydrogen-bond acceptors (Lipinski definition) is 4. The molecule has 3 heterocycles. The van der Waals surface area contributed by atoms with E-state index in [1.807, 2.05) is 28.8 Å². The van der Waals surface area contributed by atoms with E-state index in [1.54, 1.807) is 0 Å². The number of aldehydes is 1. The van der Waals surface area contributed by atoms with Crippen molar-refractivity contribution >= 4 is 17.8 Å². The van der Waals surface area contributed by atoms with Gasteiger partial charge in [-0.3, -0.25) is 9.20 Å². The standard InChI is InChI=1S/C15H19N3O2/c1-2-17(10-12-6-5-9-20-12)15-13(11-19)18-8-4-3-7-14(18)16-15/h3-4,7-8,11-12H,2,5-6,9-10H2,1H3. The first-order chi connectivity index (χ1) is 9.83. The molecular formula is C15H19N3O2. The van der Waals surface area contributed by atoms with E-state index < -0.39 is 0 Å². The highest BCUT2D eigenvalue weighted by Crippen LogP contribution is 2.22. The SMILES string of the molecule is CCN(CC1CCCO1)c1nc2ccccn2c1C=O. The van der Waals surface area contributed by atoms with Crippen molar-refractivity contribution in [2.45, 2.75) is 25.9 Å². The van der Waals surface area contributed by atoms with Crippen molar-refractivity contribution in [3.63, 3.8) is 0 Å². The summed E-state index contributed by atoms with van der Waals surface area (Å²) in [6.07, 6.45) is 5.20. The molecule has 2 aromatic heterocycles. The Labute approximate surface area is 118 Å². The van der Waals surface area contributed by atoms with Gasteiger partial charge in [0, 0.05) is 25.9 Å². The van der Waals surface area contributed by atoms with Gasteiger partial charge >= 0.3 is 0 Å². The van der Waals surface area contributed by atoms with Crippen molar-refractivity contribution < 1.29 is 9.53 Å². The minimum atomic E-state index is 0.249. The number of imidazole rings is 1. The molecule has 0 saturated carbocycles. The molecule has 0 radical (unpaired) electrons. The van der Waals surface area contributed by atoms with E-state index in [1.165, 1.54) is 0 Å². The number of rotatable bonds is 5. The zero-order valence-electron chi connectivity index (χ0n) is 11.7. The van der Waals surface area contributed by atoms with Crippen LogP contribution in [0.2, 0.25) is 0 Å². The molecule has 1 aliphatic heterocycles. The number of aromatic nitrogens is 2. The first kappa shape index (κ1) is 13.1. The number of fused-ring (bicyclic) bond motifs is 1. The van der Waals surface area contributed by atoms with E-state index in [2.05, 4.69) is 16.8 Å². The van der Waals surface area contributed by atoms with Crippen LogP contribution in [0.15, 0.2) is 24.4 Å². The average molecular weight is 273 g/mol. The molecule has 2 aromatic rings. The zero-order valence-corrected chi connectivity index (χ0v) is 11.7. The highest BCUT2D eigenvalue weighted by Gasteiger charge is 2.22. The van der Waals surface area contributed by atoms with Crippen LogP contribution in [0.25, 0.3) is 5.65 Å². The fourth-order valence-electron chi connectivity index (χ4n) is 2.74. The lowest BCUT2D eigenvalue weighted by Crippen LogP contribution is -2.33. The molecular weight excluding hydrogens is 254 g/mol. The van der Waals surface area contributed by atoms with Gasteiger partial charge in [-0.2, -0.15) is 0 Å². The van der Waals surface area contributed by atoms with Gasteiger partial charge in [0.2, 0.25) is 0 Å². The number of carbonyl (C=O) groups excluding carboxylic acids is 1. The molecule has 1 atom stereocenters. The summed E-state index contributed by atoms with van der Waals surface area (Å²) in [6.45, 7) is 4.52. The van der Waals surface area contributed by atoms with Crippen LogP contribution in [0.5, 0.6) is 0 Å². The Morgan fingerprint density at radius 1 is 1.55 bits per heavy atom. The van der Waals surface area contributed by atoms with Crippen molar-refractivity contribution in [3.05, 3.63) is 30.1 Å². The summed E-state index contributed by atoms with van der Waals surface area (Å²) in [5.41, 5.74) is 1.41. The van der Waals surface area contributed by atoms with Crippen LogP contribution in [0.4, 0.5) is 5.82 Å². The second-order valence-corrected chi connectivity index (χ2v) is 5.04. The quantitative estimate of drug-likeness (QED) is 0.783. The molecule has 3 rings (SSSR count). The zero-order chi connectivity index (χ0) is 13.9. The number of pyridine rings is 1. The van der Waals surface area contributed by atoms with Gasteiger partial charge in [-0.05, 0) is 31.9 Å². The number of ether oxygens (including phenoxy) is 1. The Morgan fingerprint density at radius 2 is 2.45 bits per heavy atom. The fraction of sp³-hybridized carbons (Fsp3) is 0.467. The molecule has 5 nitrogen and oxygen atoms in total. The molecule has 0 aliphatic carbocycles. The van der Waals surface area contributed by atoms with Gasteiger partial charge < -0.3 is 9.64 Å². The third-order valence-corrected chi connectivity index (χ3v) is 3.79. The second kappa shape index (κ2) is 5.63. The summed E-state index contributed by atoms with van der Waals surface area (Å²) < 4.78 is 7.52. The normalized spacial score (nSPS) is 18.6. The lowest BCUT2D eigenvalue weighted by molar-refractivity contribution is 0.111. The Balaban J connectivity index is 1.95. The summed E-state index contributed by atoms with van der Waals surface area (Å²) in [4.78, 5) is 18.2. The lowest BCUT2D eigenvalue weighted by Gasteiger charge is -2.24. The molecule has 1 fully saturated rings. The number of carbonyl (C=O) groups is 1. The second-order valence-electron chi connectivity index (χ2n) is 5.04. The predicted octanol–water partition coefficient (Wildman–Crippen LogP) is 2.15. The maximum atomic E-state index is 11.4. The van der Waals surface area contributed by atoms with E-state index in [0.29, 0.717) is 5.69 Å². The Bertz CT molecular complexity index is 602. The number of anilines is 1. The Morgan fingerprint density at radius 3 is 3.15 bits per heavy atom. The van der Waals surface area contributed by atoms with E-state index in [-0.39, 0.29) is 6.10 Å². The van der Waals surface area contributed by atoms with Gasteiger partial charge in [0.25, 0.3) is 0 Å². The summed E-state index contributed by atoms with van der Waals surface area (Å²) in [5.74, 6) is 0.754.